The van der Waals surface area contributed by atoms with Crippen molar-refractivity contribution in [1.82, 2.24) is 0 Å². The molecule has 4 rings (SSSR count). The van der Waals surface area contributed by atoms with Gasteiger partial charge in [0.25, 0.3) is 0 Å². The number of halogens is 1. The molecule has 1 atom stereocenters. The second-order valence-corrected chi connectivity index (χ2v) is 7.29. The normalized spacial score (nSPS) is 23.8. The van der Waals surface area contributed by atoms with Crippen LogP contribution >= 0.6 is 11.8 Å². The topological polar surface area (TPSA) is 12.4 Å². The summed E-state index contributed by atoms with van der Waals surface area (Å²) in [6.07, 6.45) is 7.62. The van der Waals surface area contributed by atoms with E-state index < -0.39 is 0 Å². The van der Waals surface area contributed by atoms with Gasteiger partial charge in [-0.15, -0.1) is 11.8 Å². The number of aryl methyl sites for hydroxylation is 1. The fourth-order valence-corrected chi connectivity index (χ4v) is 4.96. The molecular weight excluding hydrogens is 293 g/mol. The molecule has 0 saturated heterocycles. The summed E-state index contributed by atoms with van der Waals surface area (Å²) in [5, 5.41) is 0. The van der Waals surface area contributed by atoms with E-state index in [9.17, 15) is 4.39 Å². The lowest BCUT2D eigenvalue weighted by molar-refractivity contribution is 0.611. The Morgan fingerprint density at radius 2 is 2.23 bits per heavy atom. The molecule has 0 saturated carbocycles. The molecule has 114 valence electrons. The Hall–Kier alpha value is -1.35. The highest BCUT2D eigenvalue weighted by molar-refractivity contribution is 8.03. The molecule has 1 aromatic carbocycles. The third kappa shape index (κ3) is 2.26. The maximum Gasteiger partial charge on any atom is 0.126 e. The lowest BCUT2D eigenvalue weighted by atomic mass is 9.80. The predicted molar refractivity (Wildman–Crippen MR) is 92.0 cm³/mol. The van der Waals surface area contributed by atoms with Gasteiger partial charge < -0.3 is 0 Å². The van der Waals surface area contributed by atoms with Crippen LogP contribution in [-0.4, -0.2) is 11.5 Å². The SMILES string of the molecule is CCc1cc([C@H]2C3=CCCCC3=NC3=C2SCC3)ccc1F. The first-order valence-corrected chi connectivity index (χ1v) is 9.18. The minimum absolute atomic E-state index is 0.0816. The molecule has 1 aromatic rings. The average Bonchev–Trinajstić information content (AvgIpc) is 3.01. The summed E-state index contributed by atoms with van der Waals surface area (Å²) in [5.74, 6) is 1.34. The van der Waals surface area contributed by atoms with Crippen LogP contribution in [0.5, 0.6) is 0 Å². The number of fused-ring (bicyclic) bond motifs is 1. The van der Waals surface area contributed by atoms with Crippen LogP contribution in [0.4, 0.5) is 4.39 Å². The van der Waals surface area contributed by atoms with Crippen molar-refractivity contribution in [3.63, 3.8) is 0 Å². The summed E-state index contributed by atoms with van der Waals surface area (Å²) >= 11 is 1.94. The van der Waals surface area contributed by atoms with Crippen LogP contribution in [0.15, 0.2) is 45.4 Å². The smallest absolute Gasteiger partial charge is 0.126 e. The van der Waals surface area contributed by atoms with Crippen molar-refractivity contribution in [3.05, 3.63) is 57.4 Å². The summed E-state index contributed by atoms with van der Waals surface area (Å²) in [5.41, 5.74) is 6.00. The van der Waals surface area contributed by atoms with Crippen molar-refractivity contribution in [2.45, 2.75) is 44.9 Å². The number of benzene rings is 1. The molecule has 3 heteroatoms. The molecule has 0 N–H and O–H groups in total. The standard InChI is InChI=1S/C19H20FNS/c1-2-12-11-13(7-8-15(12)20)18-14-5-3-4-6-16(14)21-17-9-10-22-19(17)18/h5,7-8,11,18H,2-4,6,9-10H2,1H3/t18-/m0/s1. The van der Waals surface area contributed by atoms with E-state index in [0.29, 0.717) is 5.92 Å². The largest absolute Gasteiger partial charge is 0.257 e. The Morgan fingerprint density at radius 1 is 1.32 bits per heavy atom. The molecule has 1 nitrogen and oxygen atoms in total. The van der Waals surface area contributed by atoms with Crippen molar-refractivity contribution >= 4 is 17.5 Å². The van der Waals surface area contributed by atoms with Crippen molar-refractivity contribution in [1.29, 1.82) is 0 Å². The van der Waals surface area contributed by atoms with E-state index in [4.69, 9.17) is 4.99 Å². The Balaban J connectivity index is 1.85. The molecule has 22 heavy (non-hydrogen) atoms. The van der Waals surface area contributed by atoms with Crippen LogP contribution < -0.4 is 0 Å². The Kier molecular flexibility index (Phi) is 3.69. The number of aliphatic imine (C=N–C) groups is 1. The summed E-state index contributed by atoms with van der Waals surface area (Å²) in [6.45, 7) is 2.02. The van der Waals surface area contributed by atoms with Crippen LogP contribution in [0.2, 0.25) is 0 Å². The zero-order valence-corrected chi connectivity index (χ0v) is 13.7. The second-order valence-electron chi connectivity index (χ2n) is 6.16. The van der Waals surface area contributed by atoms with Gasteiger partial charge in [-0.1, -0.05) is 25.1 Å². The van der Waals surface area contributed by atoms with Crippen molar-refractivity contribution in [3.8, 4) is 0 Å². The lowest BCUT2D eigenvalue weighted by Crippen LogP contribution is -2.20. The third-order valence-corrected chi connectivity index (χ3v) is 6.01. The predicted octanol–water partition coefficient (Wildman–Crippen LogP) is 5.39. The molecular formula is C19H20FNS. The molecule has 0 bridgehead atoms. The number of hydrogen-bond acceptors (Lipinski definition) is 2. The number of allylic oxidation sites excluding steroid dienone is 4. The van der Waals surface area contributed by atoms with Gasteiger partial charge >= 0.3 is 0 Å². The molecule has 0 spiro atoms. The van der Waals surface area contributed by atoms with Gasteiger partial charge in [-0.05, 0) is 54.9 Å². The maximum absolute atomic E-state index is 13.9. The van der Waals surface area contributed by atoms with Crippen LogP contribution in [0.3, 0.4) is 0 Å². The number of rotatable bonds is 2. The average molecular weight is 313 g/mol. The molecule has 0 aromatic heterocycles. The number of thioether (sulfide) groups is 1. The number of nitrogens with zero attached hydrogens (tertiary/aromatic N) is 1. The van der Waals surface area contributed by atoms with Crippen molar-refractivity contribution < 1.29 is 4.39 Å². The maximum atomic E-state index is 13.9. The fraction of sp³-hybridized carbons (Fsp3) is 0.421. The van der Waals surface area contributed by atoms with Gasteiger partial charge in [0.15, 0.2) is 0 Å². The first-order chi connectivity index (χ1) is 10.8. The van der Waals surface area contributed by atoms with Crippen molar-refractivity contribution in [2.24, 2.45) is 4.99 Å². The van der Waals surface area contributed by atoms with E-state index in [2.05, 4.69) is 12.1 Å². The monoisotopic (exact) mass is 313 g/mol. The van der Waals surface area contributed by atoms with Gasteiger partial charge in [0, 0.05) is 22.3 Å². The summed E-state index contributed by atoms with van der Waals surface area (Å²) < 4.78 is 13.9. The van der Waals surface area contributed by atoms with Crippen LogP contribution in [0.25, 0.3) is 0 Å². The van der Waals surface area contributed by atoms with Crippen LogP contribution in [0, 0.1) is 5.82 Å². The van der Waals surface area contributed by atoms with Crippen LogP contribution in [0.1, 0.15) is 49.7 Å². The van der Waals surface area contributed by atoms with E-state index in [0.717, 1.165) is 37.0 Å². The molecule has 0 unspecified atom stereocenters. The lowest BCUT2D eigenvalue weighted by Gasteiger charge is -2.30. The Bertz CT molecular complexity index is 714. The third-order valence-electron chi connectivity index (χ3n) is 4.82. The molecule has 0 amide bonds. The molecule has 1 aliphatic carbocycles. The highest BCUT2D eigenvalue weighted by Crippen LogP contribution is 2.50. The van der Waals surface area contributed by atoms with Crippen molar-refractivity contribution in [2.75, 3.05) is 5.75 Å². The van der Waals surface area contributed by atoms with Gasteiger partial charge in [-0.2, -0.15) is 0 Å². The molecule has 2 aliphatic heterocycles. The van der Waals surface area contributed by atoms with E-state index >= 15 is 0 Å². The number of hydrogen-bond donors (Lipinski definition) is 0. The zero-order chi connectivity index (χ0) is 15.1. The summed E-state index contributed by atoms with van der Waals surface area (Å²) in [7, 11) is 0. The van der Waals surface area contributed by atoms with Gasteiger partial charge in [0.1, 0.15) is 5.82 Å². The Morgan fingerprint density at radius 3 is 3.09 bits per heavy atom. The summed E-state index contributed by atoms with van der Waals surface area (Å²) in [4.78, 5) is 6.34. The van der Waals surface area contributed by atoms with E-state index in [-0.39, 0.29) is 5.82 Å². The quantitative estimate of drug-likeness (QED) is 0.713. The van der Waals surface area contributed by atoms with E-state index in [1.54, 1.807) is 6.07 Å². The highest BCUT2D eigenvalue weighted by Gasteiger charge is 2.34. The van der Waals surface area contributed by atoms with E-state index in [1.807, 2.05) is 24.8 Å². The zero-order valence-electron chi connectivity index (χ0n) is 12.9. The highest BCUT2D eigenvalue weighted by atomic mass is 32.2. The van der Waals surface area contributed by atoms with E-state index in [1.165, 1.54) is 33.9 Å². The van der Waals surface area contributed by atoms with Gasteiger partial charge in [-0.25, -0.2) is 4.39 Å². The van der Waals surface area contributed by atoms with Crippen LogP contribution in [-0.2, 0) is 6.42 Å². The minimum Gasteiger partial charge on any atom is -0.257 e. The molecule has 0 fully saturated rings. The van der Waals surface area contributed by atoms with Gasteiger partial charge in [0.05, 0.1) is 5.70 Å². The first kappa shape index (κ1) is 14.3. The Labute approximate surface area is 135 Å². The van der Waals surface area contributed by atoms with Gasteiger partial charge in [0.2, 0.25) is 0 Å². The minimum atomic E-state index is -0.0816. The second kappa shape index (κ2) is 5.69. The molecule has 2 heterocycles. The van der Waals surface area contributed by atoms with Gasteiger partial charge in [-0.3, -0.25) is 4.99 Å². The first-order valence-electron chi connectivity index (χ1n) is 8.20. The molecule has 3 aliphatic rings. The summed E-state index contributed by atoms with van der Waals surface area (Å²) in [6, 6.07) is 5.69. The fourth-order valence-electron chi connectivity index (χ4n) is 3.70. The molecule has 0 radical (unpaired) electrons.